The number of fused-ring (bicyclic) bond motifs is 1. The van der Waals surface area contributed by atoms with E-state index in [2.05, 4.69) is 30.3 Å². The fraction of sp³-hybridized carbons (Fsp3) is 0.625. The van der Waals surface area contributed by atoms with Gasteiger partial charge in [0.05, 0.1) is 6.10 Å². The van der Waals surface area contributed by atoms with Gasteiger partial charge in [0, 0.05) is 0 Å². The van der Waals surface area contributed by atoms with Crippen LogP contribution in [0.5, 0.6) is 0 Å². The van der Waals surface area contributed by atoms with Crippen LogP contribution in [0.4, 0.5) is 0 Å². The third-order valence-corrected chi connectivity index (χ3v) is 5.37. The summed E-state index contributed by atoms with van der Waals surface area (Å²) in [5, 5.41) is 10.5. The Bertz CT molecular complexity index is 403. The van der Waals surface area contributed by atoms with Crippen LogP contribution in [0.2, 0.25) is 0 Å². The number of hydrogen-bond acceptors (Lipinski definition) is 1. The summed E-state index contributed by atoms with van der Waals surface area (Å²) in [4.78, 5) is 0. The summed E-state index contributed by atoms with van der Waals surface area (Å²) < 4.78 is 0. The van der Waals surface area contributed by atoms with Crippen molar-refractivity contribution in [3.63, 3.8) is 0 Å². The summed E-state index contributed by atoms with van der Waals surface area (Å²) in [6.07, 6.45) is 5.38. The van der Waals surface area contributed by atoms with E-state index in [1.54, 1.807) is 0 Å². The van der Waals surface area contributed by atoms with E-state index < -0.39 is 0 Å². The number of rotatable bonds is 3. The monoisotopic (exact) mass is 228 g/mol. The summed E-state index contributed by atoms with van der Waals surface area (Å²) in [5.74, 6) is 3.66. The Kier molecular flexibility index (Phi) is 2.14. The first kappa shape index (κ1) is 10.1. The molecular formula is C16H20O. The molecule has 90 valence electrons. The fourth-order valence-electron chi connectivity index (χ4n) is 4.34. The van der Waals surface area contributed by atoms with Gasteiger partial charge in [-0.2, -0.15) is 0 Å². The van der Waals surface area contributed by atoms with Crippen LogP contribution >= 0.6 is 0 Å². The van der Waals surface area contributed by atoms with Gasteiger partial charge < -0.3 is 5.11 Å². The molecular weight excluding hydrogens is 208 g/mol. The van der Waals surface area contributed by atoms with Gasteiger partial charge >= 0.3 is 0 Å². The number of aliphatic hydroxyl groups is 1. The minimum Gasteiger partial charge on any atom is -0.393 e. The lowest BCUT2D eigenvalue weighted by Crippen LogP contribution is -2.16. The molecule has 4 rings (SSSR count). The van der Waals surface area contributed by atoms with Crippen LogP contribution in [0.15, 0.2) is 30.3 Å². The average Bonchev–Trinajstić information content (AvgIpc) is 3.27. The Morgan fingerprint density at radius 1 is 1.06 bits per heavy atom. The first-order chi connectivity index (χ1) is 8.36. The zero-order valence-corrected chi connectivity index (χ0v) is 10.1. The highest BCUT2D eigenvalue weighted by molar-refractivity contribution is 5.27. The van der Waals surface area contributed by atoms with E-state index in [1.165, 1.54) is 31.2 Å². The predicted molar refractivity (Wildman–Crippen MR) is 67.6 cm³/mol. The third kappa shape index (κ3) is 1.55. The maximum absolute atomic E-state index is 10.5. The van der Waals surface area contributed by atoms with E-state index in [1.807, 2.05) is 0 Å². The summed E-state index contributed by atoms with van der Waals surface area (Å²) in [6.45, 7) is 0. The normalized spacial score (nSPS) is 44.2. The lowest BCUT2D eigenvalue weighted by molar-refractivity contribution is 0.111. The third-order valence-electron chi connectivity index (χ3n) is 5.37. The highest BCUT2D eigenvalue weighted by Crippen LogP contribution is 2.63. The summed E-state index contributed by atoms with van der Waals surface area (Å²) in [5.41, 5.74) is 1.43. The molecule has 1 aromatic rings. The van der Waals surface area contributed by atoms with Gasteiger partial charge in [0.15, 0.2) is 0 Å². The molecule has 5 unspecified atom stereocenters. The fourth-order valence-corrected chi connectivity index (χ4v) is 4.34. The van der Waals surface area contributed by atoms with E-state index in [0.717, 1.165) is 11.8 Å². The molecule has 3 aliphatic carbocycles. The van der Waals surface area contributed by atoms with Gasteiger partial charge in [-0.1, -0.05) is 36.8 Å². The van der Waals surface area contributed by atoms with E-state index >= 15 is 0 Å². The van der Waals surface area contributed by atoms with Crippen LogP contribution in [0.3, 0.4) is 0 Å². The molecule has 1 N–H and O–H groups in total. The van der Waals surface area contributed by atoms with Gasteiger partial charge in [-0.3, -0.25) is 0 Å². The van der Waals surface area contributed by atoms with Crippen LogP contribution < -0.4 is 0 Å². The van der Waals surface area contributed by atoms with E-state index in [4.69, 9.17) is 0 Å². The minimum absolute atomic E-state index is 0.00416. The molecule has 5 atom stereocenters. The molecule has 1 nitrogen and oxygen atoms in total. The van der Waals surface area contributed by atoms with Crippen LogP contribution in [0.25, 0.3) is 0 Å². The van der Waals surface area contributed by atoms with Crippen molar-refractivity contribution >= 4 is 0 Å². The van der Waals surface area contributed by atoms with Crippen LogP contribution in [-0.4, -0.2) is 11.2 Å². The molecule has 17 heavy (non-hydrogen) atoms. The lowest BCUT2D eigenvalue weighted by atomic mass is 10.00. The minimum atomic E-state index is -0.00416. The largest absolute Gasteiger partial charge is 0.393 e. The molecule has 3 aliphatic rings. The molecule has 0 spiro atoms. The van der Waals surface area contributed by atoms with Crippen molar-refractivity contribution in [2.45, 2.75) is 37.7 Å². The Morgan fingerprint density at radius 2 is 1.76 bits per heavy atom. The zero-order chi connectivity index (χ0) is 11.4. The summed E-state index contributed by atoms with van der Waals surface area (Å²) >= 11 is 0. The topological polar surface area (TPSA) is 20.2 Å². The molecule has 0 bridgehead atoms. The van der Waals surface area contributed by atoms with Crippen LogP contribution in [-0.2, 0) is 0 Å². The van der Waals surface area contributed by atoms with Crippen molar-refractivity contribution < 1.29 is 5.11 Å². The second-order valence-corrected chi connectivity index (χ2v) is 6.24. The number of hydrogen-bond donors (Lipinski definition) is 1. The molecule has 1 aromatic carbocycles. The molecule has 0 radical (unpaired) electrons. The van der Waals surface area contributed by atoms with Crippen molar-refractivity contribution in [1.82, 2.24) is 0 Å². The van der Waals surface area contributed by atoms with Crippen LogP contribution in [0.1, 0.15) is 37.2 Å². The van der Waals surface area contributed by atoms with E-state index in [9.17, 15) is 5.11 Å². The Morgan fingerprint density at radius 3 is 2.47 bits per heavy atom. The lowest BCUT2D eigenvalue weighted by Gasteiger charge is -2.12. The van der Waals surface area contributed by atoms with Crippen molar-refractivity contribution in [2.24, 2.45) is 23.7 Å². The van der Waals surface area contributed by atoms with Crippen molar-refractivity contribution in [1.29, 1.82) is 0 Å². The van der Waals surface area contributed by atoms with Gasteiger partial charge in [-0.05, 0) is 54.4 Å². The molecule has 1 heteroatoms. The molecule has 0 saturated heterocycles. The van der Waals surface area contributed by atoms with Gasteiger partial charge in [0.2, 0.25) is 0 Å². The second kappa shape index (κ2) is 3.58. The Hall–Kier alpha value is -0.820. The Balaban J connectivity index is 1.42. The highest BCUT2D eigenvalue weighted by atomic mass is 16.3. The number of benzene rings is 1. The maximum Gasteiger partial charge on any atom is 0.0608 e. The van der Waals surface area contributed by atoms with Gasteiger partial charge in [0.25, 0.3) is 0 Å². The summed E-state index contributed by atoms with van der Waals surface area (Å²) in [7, 11) is 0. The summed E-state index contributed by atoms with van der Waals surface area (Å²) in [6, 6.07) is 10.7. The number of aliphatic hydroxyl groups excluding tert-OH is 1. The van der Waals surface area contributed by atoms with Gasteiger partial charge in [-0.25, -0.2) is 0 Å². The standard InChI is InChI=1S/C16H20O/c17-16(15-11-7-4-8-12(11)15)14-9-13(14)10-5-2-1-3-6-10/h1-3,5-6,11-17H,4,7-9H2. The molecule has 0 heterocycles. The predicted octanol–water partition coefficient (Wildman–Crippen LogP) is 3.20. The van der Waals surface area contributed by atoms with Gasteiger partial charge in [0.1, 0.15) is 0 Å². The van der Waals surface area contributed by atoms with Crippen molar-refractivity contribution in [2.75, 3.05) is 0 Å². The maximum atomic E-state index is 10.5. The molecule has 0 amide bonds. The highest BCUT2D eigenvalue weighted by Gasteiger charge is 2.60. The first-order valence-electron chi connectivity index (χ1n) is 7.09. The molecule has 0 aromatic heterocycles. The zero-order valence-electron chi connectivity index (χ0n) is 10.1. The molecule has 3 saturated carbocycles. The Labute approximate surface area is 103 Å². The SMILES string of the molecule is OC(C1CC1c1ccccc1)C1C2CCCC21. The van der Waals surface area contributed by atoms with Crippen molar-refractivity contribution in [3.8, 4) is 0 Å². The quantitative estimate of drug-likeness (QED) is 0.842. The molecule has 0 aliphatic heterocycles. The first-order valence-corrected chi connectivity index (χ1v) is 7.09. The van der Waals surface area contributed by atoms with E-state index in [0.29, 0.717) is 17.8 Å². The second-order valence-electron chi connectivity index (χ2n) is 6.24. The smallest absolute Gasteiger partial charge is 0.0608 e. The van der Waals surface area contributed by atoms with Crippen LogP contribution in [0, 0.1) is 23.7 Å². The average molecular weight is 228 g/mol. The van der Waals surface area contributed by atoms with Gasteiger partial charge in [-0.15, -0.1) is 0 Å². The van der Waals surface area contributed by atoms with E-state index in [-0.39, 0.29) is 6.10 Å². The molecule has 3 fully saturated rings. The van der Waals surface area contributed by atoms with Crippen molar-refractivity contribution in [3.05, 3.63) is 35.9 Å².